The van der Waals surface area contributed by atoms with Gasteiger partial charge in [-0.15, -0.1) is 0 Å². The summed E-state index contributed by atoms with van der Waals surface area (Å²) in [6.07, 6.45) is 1.54. The molecule has 0 radical (unpaired) electrons. The minimum atomic E-state index is -1.47. The van der Waals surface area contributed by atoms with Crippen LogP contribution in [0.3, 0.4) is 0 Å². The number of rotatable bonds is 5. The molecule has 0 amide bonds. The molecule has 20 heavy (non-hydrogen) atoms. The molecule has 0 aromatic heterocycles. The van der Waals surface area contributed by atoms with E-state index in [0.717, 1.165) is 0 Å². The molecule has 0 saturated heterocycles. The Morgan fingerprint density at radius 3 is 2.45 bits per heavy atom. The van der Waals surface area contributed by atoms with Crippen LogP contribution in [0, 0.1) is 5.82 Å². The summed E-state index contributed by atoms with van der Waals surface area (Å²) < 4.78 is 18.2. The second-order valence-corrected chi connectivity index (χ2v) is 5.49. The van der Waals surface area contributed by atoms with Gasteiger partial charge in [0.1, 0.15) is 6.61 Å². The SMILES string of the molecule is C=CCOc1cccc(C(Cl)(Cl)c2ccccc2)c1F. The van der Waals surface area contributed by atoms with E-state index < -0.39 is 10.2 Å². The molecule has 0 N–H and O–H groups in total. The fourth-order valence-electron chi connectivity index (χ4n) is 1.82. The minimum absolute atomic E-state index is 0.101. The molecule has 0 aliphatic carbocycles. The largest absolute Gasteiger partial charge is 0.486 e. The summed E-state index contributed by atoms with van der Waals surface area (Å²) >= 11 is 12.7. The Balaban J connectivity index is 2.44. The second kappa shape index (κ2) is 6.29. The Hall–Kier alpha value is -1.51. The summed E-state index contributed by atoms with van der Waals surface area (Å²) in [7, 11) is 0. The van der Waals surface area contributed by atoms with Gasteiger partial charge in [0.2, 0.25) is 0 Å². The van der Waals surface area contributed by atoms with Gasteiger partial charge in [0, 0.05) is 5.56 Å². The molecule has 2 aromatic carbocycles. The van der Waals surface area contributed by atoms with Crippen LogP contribution in [0.1, 0.15) is 11.1 Å². The summed E-state index contributed by atoms with van der Waals surface area (Å²) in [4.78, 5) is 0. The normalized spacial score (nSPS) is 11.2. The number of hydrogen-bond donors (Lipinski definition) is 0. The highest BCUT2D eigenvalue weighted by atomic mass is 35.5. The molecule has 4 heteroatoms. The zero-order valence-electron chi connectivity index (χ0n) is 10.7. The Morgan fingerprint density at radius 1 is 1.10 bits per heavy atom. The van der Waals surface area contributed by atoms with Crippen LogP contribution in [-0.4, -0.2) is 6.61 Å². The molecule has 0 fully saturated rings. The Bertz CT molecular complexity index is 597. The van der Waals surface area contributed by atoms with Gasteiger partial charge in [0.15, 0.2) is 15.9 Å². The maximum Gasteiger partial charge on any atom is 0.171 e. The van der Waals surface area contributed by atoms with Gasteiger partial charge in [0.05, 0.1) is 0 Å². The fraction of sp³-hybridized carbons (Fsp3) is 0.125. The highest BCUT2D eigenvalue weighted by Gasteiger charge is 2.33. The number of hydrogen-bond acceptors (Lipinski definition) is 1. The van der Waals surface area contributed by atoms with Crippen molar-refractivity contribution in [2.45, 2.75) is 4.33 Å². The molecule has 2 rings (SSSR count). The minimum Gasteiger partial charge on any atom is -0.486 e. The number of alkyl halides is 2. The van der Waals surface area contributed by atoms with E-state index in [1.807, 2.05) is 6.07 Å². The van der Waals surface area contributed by atoms with Gasteiger partial charge in [0.25, 0.3) is 0 Å². The predicted molar refractivity (Wildman–Crippen MR) is 81.0 cm³/mol. The number of benzene rings is 2. The maximum absolute atomic E-state index is 14.4. The molecule has 0 saturated carbocycles. The van der Waals surface area contributed by atoms with E-state index in [1.165, 1.54) is 12.1 Å². The third-order valence-electron chi connectivity index (χ3n) is 2.79. The molecular weight excluding hydrogens is 298 g/mol. The quantitative estimate of drug-likeness (QED) is 0.553. The standard InChI is InChI=1S/C16H13Cl2FO/c1-2-11-20-14-10-6-9-13(15(14)19)16(17,18)12-7-4-3-5-8-12/h2-10H,1,11H2. The molecule has 1 nitrogen and oxygen atoms in total. The highest BCUT2D eigenvalue weighted by Crippen LogP contribution is 2.43. The average Bonchev–Trinajstić information content (AvgIpc) is 2.47. The van der Waals surface area contributed by atoms with Crippen molar-refractivity contribution in [1.82, 2.24) is 0 Å². The third kappa shape index (κ3) is 2.97. The van der Waals surface area contributed by atoms with Crippen LogP contribution in [0.15, 0.2) is 61.2 Å². The monoisotopic (exact) mass is 310 g/mol. The molecule has 2 aromatic rings. The van der Waals surface area contributed by atoms with Crippen LogP contribution in [-0.2, 0) is 4.33 Å². The van der Waals surface area contributed by atoms with Gasteiger partial charge in [-0.3, -0.25) is 0 Å². The van der Waals surface area contributed by atoms with Crippen LogP contribution in [0.5, 0.6) is 5.75 Å². The summed E-state index contributed by atoms with van der Waals surface area (Å²) in [5, 5.41) is 0. The zero-order valence-corrected chi connectivity index (χ0v) is 12.2. The van der Waals surface area contributed by atoms with Crippen LogP contribution in [0.25, 0.3) is 0 Å². The molecule has 0 atom stereocenters. The summed E-state index contributed by atoms with van der Waals surface area (Å²) in [5.41, 5.74) is 0.761. The first-order valence-corrected chi connectivity index (χ1v) is 6.79. The molecular formula is C16H13Cl2FO. The fourth-order valence-corrected chi connectivity index (χ4v) is 2.36. The van der Waals surface area contributed by atoms with E-state index in [2.05, 4.69) is 6.58 Å². The van der Waals surface area contributed by atoms with Gasteiger partial charge >= 0.3 is 0 Å². The lowest BCUT2D eigenvalue weighted by atomic mass is 10.0. The molecule has 104 valence electrons. The molecule has 0 heterocycles. The lowest BCUT2D eigenvalue weighted by Crippen LogP contribution is -2.15. The van der Waals surface area contributed by atoms with E-state index in [4.69, 9.17) is 27.9 Å². The van der Waals surface area contributed by atoms with E-state index >= 15 is 0 Å². The topological polar surface area (TPSA) is 9.23 Å². The third-order valence-corrected chi connectivity index (χ3v) is 3.64. The average molecular weight is 311 g/mol. The first-order chi connectivity index (χ1) is 9.57. The van der Waals surface area contributed by atoms with E-state index in [0.29, 0.717) is 5.56 Å². The van der Waals surface area contributed by atoms with Crippen LogP contribution >= 0.6 is 23.2 Å². The Labute approximate surface area is 127 Å². The van der Waals surface area contributed by atoms with Crippen molar-refractivity contribution >= 4 is 23.2 Å². The van der Waals surface area contributed by atoms with E-state index in [1.54, 1.807) is 36.4 Å². The van der Waals surface area contributed by atoms with E-state index in [9.17, 15) is 4.39 Å². The Morgan fingerprint density at radius 2 is 1.80 bits per heavy atom. The van der Waals surface area contributed by atoms with Gasteiger partial charge in [-0.1, -0.05) is 78.3 Å². The van der Waals surface area contributed by atoms with Crippen LogP contribution in [0.2, 0.25) is 0 Å². The lowest BCUT2D eigenvalue weighted by molar-refractivity contribution is 0.340. The summed E-state index contributed by atoms with van der Waals surface area (Å²) in [5.74, 6) is -0.466. The maximum atomic E-state index is 14.4. The van der Waals surface area contributed by atoms with Crippen molar-refractivity contribution in [3.05, 3.63) is 78.1 Å². The molecule has 0 spiro atoms. The predicted octanol–water partition coefficient (Wildman–Crippen LogP) is 5.07. The van der Waals surface area contributed by atoms with Gasteiger partial charge in [-0.05, 0) is 11.6 Å². The van der Waals surface area contributed by atoms with Gasteiger partial charge < -0.3 is 4.74 Å². The smallest absolute Gasteiger partial charge is 0.171 e. The van der Waals surface area contributed by atoms with E-state index in [-0.39, 0.29) is 17.9 Å². The second-order valence-electron chi connectivity index (χ2n) is 4.16. The molecule has 0 aliphatic heterocycles. The summed E-state index contributed by atoms with van der Waals surface area (Å²) in [6.45, 7) is 3.74. The first kappa shape index (κ1) is 14.9. The highest BCUT2D eigenvalue weighted by molar-refractivity contribution is 6.50. The van der Waals surface area contributed by atoms with Crippen LogP contribution in [0.4, 0.5) is 4.39 Å². The van der Waals surface area contributed by atoms with Crippen LogP contribution < -0.4 is 4.74 Å². The van der Waals surface area contributed by atoms with Crippen molar-refractivity contribution in [3.63, 3.8) is 0 Å². The van der Waals surface area contributed by atoms with Crippen molar-refractivity contribution < 1.29 is 9.13 Å². The molecule has 0 unspecified atom stereocenters. The van der Waals surface area contributed by atoms with Crippen molar-refractivity contribution in [2.75, 3.05) is 6.61 Å². The van der Waals surface area contributed by atoms with Gasteiger partial charge in [-0.2, -0.15) is 0 Å². The molecule has 0 bridgehead atoms. The summed E-state index contributed by atoms with van der Waals surface area (Å²) in [6, 6.07) is 13.6. The lowest BCUT2D eigenvalue weighted by Gasteiger charge is -2.22. The van der Waals surface area contributed by atoms with Crippen molar-refractivity contribution in [2.24, 2.45) is 0 Å². The van der Waals surface area contributed by atoms with Crippen molar-refractivity contribution in [3.8, 4) is 5.75 Å². The zero-order chi connectivity index (χ0) is 14.6. The number of halogens is 3. The first-order valence-electron chi connectivity index (χ1n) is 6.03. The molecule has 0 aliphatic rings. The van der Waals surface area contributed by atoms with Gasteiger partial charge in [-0.25, -0.2) is 4.39 Å². The van der Waals surface area contributed by atoms with Crippen molar-refractivity contribution in [1.29, 1.82) is 0 Å². The number of ether oxygens (including phenoxy) is 1. The Kier molecular flexibility index (Phi) is 4.69.